The molecule has 2 aromatic rings. The molecule has 0 bridgehead atoms. The summed E-state index contributed by atoms with van der Waals surface area (Å²) < 4.78 is 31.9. The molecule has 2 N–H and O–H groups in total. The minimum absolute atomic E-state index is 0.0964. The molecule has 0 fully saturated rings. The lowest BCUT2D eigenvalue weighted by Gasteiger charge is -2.11. The first kappa shape index (κ1) is 14.8. The van der Waals surface area contributed by atoms with Crippen molar-refractivity contribution in [3.8, 4) is 5.75 Å². The van der Waals surface area contributed by atoms with E-state index in [0.29, 0.717) is 10.8 Å². The van der Waals surface area contributed by atoms with Crippen molar-refractivity contribution < 1.29 is 13.5 Å². The van der Waals surface area contributed by atoms with Crippen LogP contribution in [0.1, 0.15) is 24.1 Å². The van der Waals surface area contributed by atoms with Gasteiger partial charge in [0.2, 0.25) is 0 Å². The molecular weight excluding hydrogens is 284 g/mol. The number of hydrogen-bond donors (Lipinski definition) is 1. The monoisotopic (exact) mass is 297 g/mol. The van der Waals surface area contributed by atoms with E-state index in [4.69, 9.17) is 22.1 Å². The highest BCUT2D eigenvalue weighted by molar-refractivity contribution is 6.32. The van der Waals surface area contributed by atoms with Gasteiger partial charge in [-0.1, -0.05) is 17.7 Å². The minimum Gasteiger partial charge on any atom is -0.487 e. The maximum atomic E-state index is 13.4. The highest BCUT2D eigenvalue weighted by atomic mass is 35.5. The van der Waals surface area contributed by atoms with Crippen molar-refractivity contribution in [1.82, 2.24) is 0 Å². The van der Waals surface area contributed by atoms with E-state index in [1.807, 2.05) is 6.92 Å². The maximum absolute atomic E-state index is 13.4. The van der Waals surface area contributed by atoms with Gasteiger partial charge in [-0.15, -0.1) is 0 Å². The van der Waals surface area contributed by atoms with E-state index in [1.54, 1.807) is 18.2 Å². The third-order valence-electron chi connectivity index (χ3n) is 2.87. The average Bonchev–Trinajstić information content (AvgIpc) is 2.40. The Balaban J connectivity index is 2.13. The number of halogens is 3. The van der Waals surface area contributed by atoms with Crippen LogP contribution < -0.4 is 10.5 Å². The Bertz CT molecular complexity index is 617. The summed E-state index contributed by atoms with van der Waals surface area (Å²) in [6, 6.07) is 8.23. The normalized spacial score (nSPS) is 12.2. The number of benzene rings is 2. The lowest BCUT2D eigenvalue weighted by Crippen LogP contribution is -2.05. The molecule has 2 rings (SSSR count). The van der Waals surface area contributed by atoms with Gasteiger partial charge >= 0.3 is 0 Å². The highest BCUT2D eigenvalue weighted by Gasteiger charge is 2.08. The van der Waals surface area contributed by atoms with Gasteiger partial charge in [-0.05, 0) is 42.8 Å². The number of nitrogens with two attached hydrogens (primary N) is 1. The van der Waals surface area contributed by atoms with Crippen LogP contribution in [-0.2, 0) is 6.61 Å². The topological polar surface area (TPSA) is 35.2 Å². The van der Waals surface area contributed by atoms with E-state index in [9.17, 15) is 8.78 Å². The molecule has 0 radical (unpaired) electrons. The van der Waals surface area contributed by atoms with Crippen molar-refractivity contribution >= 4 is 11.6 Å². The van der Waals surface area contributed by atoms with Gasteiger partial charge < -0.3 is 10.5 Å². The predicted octanol–water partition coefficient (Wildman–Crippen LogP) is 4.22. The van der Waals surface area contributed by atoms with Crippen molar-refractivity contribution in [2.45, 2.75) is 19.6 Å². The summed E-state index contributed by atoms with van der Waals surface area (Å²) in [4.78, 5) is 0. The molecule has 5 heteroatoms. The third kappa shape index (κ3) is 3.46. The quantitative estimate of drug-likeness (QED) is 0.917. The molecule has 0 heterocycles. The number of hydrogen-bond acceptors (Lipinski definition) is 2. The molecule has 0 aliphatic rings. The fraction of sp³-hybridized carbons (Fsp3) is 0.200. The predicted molar refractivity (Wildman–Crippen MR) is 74.7 cm³/mol. The van der Waals surface area contributed by atoms with Crippen molar-refractivity contribution in [2.24, 2.45) is 5.73 Å². The van der Waals surface area contributed by atoms with Crippen LogP contribution in [0, 0.1) is 11.6 Å². The Morgan fingerprint density at radius 1 is 1.20 bits per heavy atom. The highest BCUT2D eigenvalue weighted by Crippen LogP contribution is 2.28. The van der Waals surface area contributed by atoms with Crippen molar-refractivity contribution in [1.29, 1.82) is 0 Å². The molecule has 0 aliphatic heterocycles. The van der Waals surface area contributed by atoms with E-state index < -0.39 is 11.6 Å². The standard InChI is InChI=1S/C15H14ClF2NO/c1-9(19)10-2-5-15(13(16)7-10)20-8-11-6-12(17)3-4-14(11)18/h2-7,9H,8,19H2,1H3. The third-order valence-corrected chi connectivity index (χ3v) is 3.17. The first-order valence-corrected chi connectivity index (χ1v) is 6.47. The Kier molecular flexibility index (Phi) is 4.57. The fourth-order valence-electron chi connectivity index (χ4n) is 1.73. The van der Waals surface area contributed by atoms with Gasteiger partial charge in [-0.3, -0.25) is 0 Å². The van der Waals surface area contributed by atoms with E-state index in [-0.39, 0.29) is 18.2 Å². The minimum atomic E-state index is -0.519. The van der Waals surface area contributed by atoms with Crippen LogP contribution in [-0.4, -0.2) is 0 Å². The molecule has 2 aromatic carbocycles. The van der Waals surface area contributed by atoms with Crippen LogP contribution in [0.25, 0.3) is 0 Å². The molecule has 2 nitrogen and oxygen atoms in total. The molecule has 0 saturated carbocycles. The molecule has 0 aliphatic carbocycles. The Morgan fingerprint density at radius 2 is 1.95 bits per heavy atom. The average molecular weight is 298 g/mol. The maximum Gasteiger partial charge on any atom is 0.138 e. The summed E-state index contributed by atoms with van der Waals surface area (Å²) in [6.07, 6.45) is 0. The van der Waals surface area contributed by atoms with Gasteiger partial charge in [0.1, 0.15) is 24.0 Å². The van der Waals surface area contributed by atoms with E-state index in [0.717, 1.165) is 23.8 Å². The Labute approximate surface area is 121 Å². The molecule has 0 aromatic heterocycles. The molecule has 20 heavy (non-hydrogen) atoms. The first-order valence-electron chi connectivity index (χ1n) is 6.09. The zero-order valence-corrected chi connectivity index (χ0v) is 11.6. The van der Waals surface area contributed by atoms with Gasteiger partial charge in [-0.25, -0.2) is 8.78 Å². The smallest absolute Gasteiger partial charge is 0.138 e. The zero-order valence-electron chi connectivity index (χ0n) is 10.9. The summed E-state index contributed by atoms with van der Waals surface area (Å²) in [7, 11) is 0. The summed E-state index contributed by atoms with van der Waals surface area (Å²) >= 11 is 6.06. The number of rotatable bonds is 4. The molecule has 0 spiro atoms. The van der Waals surface area contributed by atoms with Crippen molar-refractivity contribution in [2.75, 3.05) is 0 Å². The second-order valence-electron chi connectivity index (χ2n) is 4.50. The second kappa shape index (κ2) is 6.20. The number of ether oxygens (including phenoxy) is 1. The summed E-state index contributed by atoms with van der Waals surface area (Å²) in [5.74, 6) is -0.627. The van der Waals surface area contributed by atoms with Crippen LogP contribution in [0.4, 0.5) is 8.78 Å². The Morgan fingerprint density at radius 3 is 2.60 bits per heavy atom. The van der Waals surface area contributed by atoms with E-state index in [1.165, 1.54) is 0 Å². The SMILES string of the molecule is CC(N)c1ccc(OCc2cc(F)ccc2F)c(Cl)c1. The molecule has 1 atom stereocenters. The summed E-state index contributed by atoms with van der Waals surface area (Å²) in [5.41, 5.74) is 6.75. The molecule has 1 unspecified atom stereocenters. The van der Waals surface area contributed by atoms with E-state index in [2.05, 4.69) is 0 Å². The van der Waals surface area contributed by atoms with Crippen LogP contribution in [0.3, 0.4) is 0 Å². The van der Waals surface area contributed by atoms with Crippen LogP contribution >= 0.6 is 11.6 Å². The van der Waals surface area contributed by atoms with E-state index >= 15 is 0 Å². The molecule has 0 saturated heterocycles. The molecular formula is C15H14ClF2NO. The van der Waals surface area contributed by atoms with Crippen LogP contribution in [0.2, 0.25) is 5.02 Å². The molecule has 106 valence electrons. The molecule has 0 amide bonds. The Hall–Kier alpha value is -1.65. The van der Waals surface area contributed by atoms with Crippen LogP contribution in [0.5, 0.6) is 5.75 Å². The first-order chi connectivity index (χ1) is 9.47. The van der Waals surface area contributed by atoms with Gasteiger partial charge in [0.15, 0.2) is 0 Å². The van der Waals surface area contributed by atoms with Gasteiger partial charge in [0.25, 0.3) is 0 Å². The van der Waals surface area contributed by atoms with Crippen LogP contribution in [0.15, 0.2) is 36.4 Å². The lowest BCUT2D eigenvalue weighted by molar-refractivity contribution is 0.299. The lowest BCUT2D eigenvalue weighted by atomic mass is 10.1. The van der Waals surface area contributed by atoms with Gasteiger partial charge in [0.05, 0.1) is 5.02 Å². The van der Waals surface area contributed by atoms with Gasteiger partial charge in [-0.2, -0.15) is 0 Å². The fourth-order valence-corrected chi connectivity index (χ4v) is 1.97. The largest absolute Gasteiger partial charge is 0.487 e. The van der Waals surface area contributed by atoms with Crippen molar-refractivity contribution in [3.63, 3.8) is 0 Å². The summed E-state index contributed by atoms with van der Waals surface area (Å²) in [6.45, 7) is 1.75. The zero-order chi connectivity index (χ0) is 14.7. The van der Waals surface area contributed by atoms with Crippen molar-refractivity contribution in [3.05, 3.63) is 64.2 Å². The summed E-state index contributed by atoms with van der Waals surface area (Å²) in [5, 5.41) is 0.386. The second-order valence-corrected chi connectivity index (χ2v) is 4.91. The van der Waals surface area contributed by atoms with Gasteiger partial charge in [0, 0.05) is 11.6 Å².